The molecule has 0 heterocycles. The van der Waals surface area contributed by atoms with Crippen LogP contribution in [0.2, 0.25) is 8.87 Å². The predicted octanol–water partition coefficient (Wildman–Crippen LogP) is 6.59. The molecule has 0 aromatic heterocycles. The molecule has 0 amide bonds. The van der Waals surface area contributed by atoms with Gasteiger partial charge in [-0.3, -0.25) is 0 Å². The van der Waals surface area contributed by atoms with E-state index in [1.165, 1.54) is 51.4 Å². The van der Waals surface area contributed by atoms with E-state index in [1.54, 1.807) is 8.87 Å². The van der Waals surface area contributed by atoms with Gasteiger partial charge >= 0.3 is 69.5 Å². The molecular weight excluding hydrogens is 519 g/mol. The van der Waals surface area contributed by atoms with Gasteiger partial charge < -0.3 is 19.8 Å². The number of carboxylic acids is 2. The molecule has 0 aromatic rings. The zero-order valence-electron chi connectivity index (χ0n) is 23.0. The SMILES string of the molecule is CC(C)CCCCCCC(=O)[O-].CC(C)CCCCCCC(=O)[O-].CCC[CH2][Sn+2][CH2]CCC. The number of carbonyl (C=O) groups excluding carboxylic acids is 2. The standard InChI is InChI=1S/2C10H20O2.2C4H9.Sn/c2*1-9(2)7-5-3-4-6-8-10(11)12;2*1-3-4-2;/h2*9H,3-8H2,1-2H3,(H,11,12);2*1,3-4H2,2H3;/q;;;;+2/p-2. The number of unbranched alkanes of at least 4 members (excludes halogenated alkanes) is 8. The molecule has 0 spiro atoms. The maximum atomic E-state index is 10.0. The van der Waals surface area contributed by atoms with Crippen LogP contribution < -0.4 is 10.2 Å². The summed E-state index contributed by atoms with van der Waals surface area (Å²) in [6, 6.07) is 0. The molecule has 4 nitrogen and oxygen atoms in total. The molecule has 5 heteroatoms. The van der Waals surface area contributed by atoms with Crippen molar-refractivity contribution < 1.29 is 19.8 Å². The van der Waals surface area contributed by atoms with Crippen molar-refractivity contribution in [3.63, 3.8) is 0 Å². The van der Waals surface area contributed by atoms with Crippen LogP contribution in [0.3, 0.4) is 0 Å². The molecule has 0 bridgehead atoms. The normalized spacial score (nSPS) is 10.2. The summed E-state index contributed by atoms with van der Waals surface area (Å²) < 4.78 is 3.25. The quantitative estimate of drug-likeness (QED) is 0.121. The number of hydrogen-bond donors (Lipinski definition) is 0. The fourth-order valence-electron chi connectivity index (χ4n) is 3.08. The first-order chi connectivity index (χ1) is 15.7. The van der Waals surface area contributed by atoms with Gasteiger partial charge in [-0.15, -0.1) is 0 Å². The van der Waals surface area contributed by atoms with Crippen LogP contribution in [-0.2, 0) is 9.59 Å². The monoisotopic (exact) mass is 576 g/mol. The Balaban J connectivity index is -0.000000414. The predicted molar refractivity (Wildman–Crippen MR) is 140 cm³/mol. The zero-order chi connectivity index (χ0) is 25.7. The Labute approximate surface area is 217 Å². The van der Waals surface area contributed by atoms with E-state index in [1.807, 2.05) is 0 Å². The molecule has 0 N–H and O–H groups in total. The Morgan fingerprint density at radius 2 is 0.909 bits per heavy atom. The number of aliphatic carboxylic acids is 2. The van der Waals surface area contributed by atoms with E-state index in [-0.39, 0.29) is 34.0 Å². The maximum absolute atomic E-state index is 10.0. The second kappa shape index (κ2) is 31.7. The summed E-state index contributed by atoms with van der Waals surface area (Å²) in [5.74, 6) is -0.296. The third kappa shape index (κ3) is 49.8. The van der Waals surface area contributed by atoms with Gasteiger partial charge in [0, 0.05) is 11.9 Å². The van der Waals surface area contributed by atoms with E-state index >= 15 is 0 Å². The van der Waals surface area contributed by atoms with Gasteiger partial charge in [-0.1, -0.05) is 79.1 Å². The number of carbonyl (C=O) groups is 2. The fraction of sp³-hybridized carbons (Fsp3) is 0.929. The average Bonchev–Trinajstić information content (AvgIpc) is 2.73. The second-order valence-corrected chi connectivity index (χ2v) is 14.2. The Morgan fingerprint density at radius 1 is 0.576 bits per heavy atom. The summed E-state index contributed by atoms with van der Waals surface area (Å²) in [6.07, 6.45) is 17.2. The van der Waals surface area contributed by atoms with Crippen molar-refractivity contribution >= 4 is 33.1 Å². The number of carboxylic acid groups (broad SMARTS) is 2. The Hall–Kier alpha value is -0.261. The van der Waals surface area contributed by atoms with E-state index in [9.17, 15) is 19.8 Å². The second-order valence-electron chi connectivity index (χ2n) is 9.89. The van der Waals surface area contributed by atoms with Gasteiger partial charge in [-0.05, 0) is 37.5 Å². The van der Waals surface area contributed by atoms with Crippen molar-refractivity contribution in [2.45, 2.75) is 153 Å². The molecule has 33 heavy (non-hydrogen) atoms. The first-order valence-electron chi connectivity index (χ1n) is 13.8. The molecule has 0 radical (unpaired) electrons. The van der Waals surface area contributed by atoms with Gasteiger partial charge in [0.05, 0.1) is 0 Å². The van der Waals surface area contributed by atoms with Crippen LogP contribution in [0.4, 0.5) is 0 Å². The molecule has 0 aromatic carbocycles. The molecular formula is C28H56O4Sn. The first kappa shape index (κ1) is 37.3. The van der Waals surface area contributed by atoms with Crippen LogP contribution in [0.5, 0.6) is 0 Å². The van der Waals surface area contributed by atoms with Gasteiger partial charge in [-0.2, -0.15) is 0 Å². The zero-order valence-corrected chi connectivity index (χ0v) is 25.9. The molecule has 0 rings (SSSR count). The van der Waals surface area contributed by atoms with E-state index < -0.39 is 11.9 Å². The average molecular weight is 575 g/mol. The van der Waals surface area contributed by atoms with Crippen LogP contribution in [0, 0.1) is 11.8 Å². The van der Waals surface area contributed by atoms with Gasteiger partial charge in [0.25, 0.3) is 0 Å². The van der Waals surface area contributed by atoms with Crippen molar-refractivity contribution in [2.24, 2.45) is 11.8 Å². The van der Waals surface area contributed by atoms with E-state index in [4.69, 9.17) is 0 Å². The van der Waals surface area contributed by atoms with Crippen LogP contribution in [0.1, 0.15) is 144 Å². The molecule has 0 saturated carbocycles. The van der Waals surface area contributed by atoms with Gasteiger partial charge in [0.15, 0.2) is 0 Å². The topological polar surface area (TPSA) is 80.3 Å². The number of rotatable bonds is 20. The molecule has 0 aliphatic heterocycles. The van der Waals surface area contributed by atoms with Gasteiger partial charge in [-0.25, -0.2) is 0 Å². The summed E-state index contributed by atoms with van der Waals surface area (Å²) >= 11 is 0.149. The van der Waals surface area contributed by atoms with Crippen molar-refractivity contribution in [3.8, 4) is 0 Å². The van der Waals surface area contributed by atoms with Crippen molar-refractivity contribution in [1.29, 1.82) is 0 Å². The summed E-state index contributed by atoms with van der Waals surface area (Å²) in [5, 5.41) is 20.1. The third-order valence-corrected chi connectivity index (χ3v) is 9.28. The Bertz CT molecular complexity index is 361. The minimum absolute atomic E-state index is 0.149. The molecule has 0 aliphatic carbocycles. The molecule has 0 saturated heterocycles. The molecule has 0 fully saturated rings. The molecule has 0 unspecified atom stereocenters. The van der Waals surface area contributed by atoms with Crippen molar-refractivity contribution in [3.05, 3.63) is 0 Å². The van der Waals surface area contributed by atoms with Gasteiger partial charge in [0.2, 0.25) is 0 Å². The summed E-state index contributed by atoms with van der Waals surface area (Å²) in [7, 11) is 0. The number of hydrogen-bond acceptors (Lipinski definition) is 4. The van der Waals surface area contributed by atoms with Crippen LogP contribution in [0.25, 0.3) is 0 Å². The van der Waals surface area contributed by atoms with Crippen LogP contribution in [0.15, 0.2) is 0 Å². The van der Waals surface area contributed by atoms with E-state index in [2.05, 4.69) is 41.5 Å². The first-order valence-corrected chi connectivity index (χ1v) is 17.8. The third-order valence-electron chi connectivity index (χ3n) is 5.24. The molecule has 0 aliphatic rings. The van der Waals surface area contributed by atoms with Crippen LogP contribution in [-0.4, -0.2) is 33.1 Å². The van der Waals surface area contributed by atoms with Gasteiger partial charge in [0.1, 0.15) is 0 Å². The molecule has 196 valence electrons. The van der Waals surface area contributed by atoms with Crippen molar-refractivity contribution in [2.75, 3.05) is 0 Å². The van der Waals surface area contributed by atoms with E-state index in [0.717, 1.165) is 50.4 Å². The summed E-state index contributed by atoms with van der Waals surface area (Å²) in [4.78, 5) is 20.1. The Kier molecular flexibility index (Phi) is 35.9. The summed E-state index contributed by atoms with van der Waals surface area (Å²) in [6.45, 7) is 13.4. The fourth-order valence-corrected chi connectivity index (χ4v) is 7.24. The Morgan fingerprint density at radius 3 is 1.18 bits per heavy atom. The minimum atomic E-state index is -0.918. The molecule has 0 atom stereocenters. The van der Waals surface area contributed by atoms with E-state index in [0.29, 0.717) is 0 Å². The van der Waals surface area contributed by atoms with Crippen molar-refractivity contribution in [1.82, 2.24) is 0 Å². The summed E-state index contributed by atoms with van der Waals surface area (Å²) in [5.41, 5.74) is 0. The van der Waals surface area contributed by atoms with Crippen LogP contribution >= 0.6 is 0 Å².